The number of hydrogen-bond donors (Lipinski definition) is 0. The molecule has 0 amide bonds. The summed E-state index contributed by atoms with van der Waals surface area (Å²) < 4.78 is 24.8. The maximum absolute atomic E-state index is 11.6. The second kappa shape index (κ2) is 4.18. The van der Waals surface area contributed by atoms with Gasteiger partial charge in [0.15, 0.2) is 0 Å². The van der Waals surface area contributed by atoms with Crippen LogP contribution in [0, 0.1) is 6.92 Å². The second-order valence-electron chi connectivity index (χ2n) is 4.44. The van der Waals surface area contributed by atoms with Gasteiger partial charge >= 0.3 is 0 Å². The molecule has 1 heterocycles. The molecule has 3 nitrogen and oxygen atoms in total. The van der Waals surface area contributed by atoms with Gasteiger partial charge in [0.05, 0.1) is 6.26 Å². The van der Waals surface area contributed by atoms with Crippen LogP contribution in [0.15, 0.2) is 24.3 Å². The van der Waals surface area contributed by atoms with Crippen molar-refractivity contribution < 1.29 is 8.42 Å². The standard InChI is InChI=1S/C12H17NO2S/c1-10-5-7-11(8-6-10)12-4-3-9-13(12)16(2,14)15/h5-8,12H,3-4,9H2,1-2H3/t12-/m1/s1. The summed E-state index contributed by atoms with van der Waals surface area (Å²) >= 11 is 0. The van der Waals surface area contributed by atoms with E-state index in [1.807, 2.05) is 31.2 Å². The first-order chi connectivity index (χ1) is 7.48. The summed E-state index contributed by atoms with van der Waals surface area (Å²) in [7, 11) is -3.08. The van der Waals surface area contributed by atoms with E-state index in [2.05, 4.69) is 0 Å². The third kappa shape index (κ3) is 2.28. The van der Waals surface area contributed by atoms with E-state index in [1.165, 1.54) is 11.8 Å². The lowest BCUT2D eigenvalue weighted by atomic mass is 10.0. The van der Waals surface area contributed by atoms with Crippen molar-refractivity contribution in [2.45, 2.75) is 25.8 Å². The molecule has 0 N–H and O–H groups in total. The minimum atomic E-state index is -3.08. The van der Waals surface area contributed by atoms with Gasteiger partial charge in [-0.1, -0.05) is 29.8 Å². The van der Waals surface area contributed by atoms with Crippen LogP contribution in [0.5, 0.6) is 0 Å². The smallest absolute Gasteiger partial charge is 0.211 e. The normalized spacial score (nSPS) is 22.5. The molecule has 16 heavy (non-hydrogen) atoms. The summed E-state index contributed by atoms with van der Waals surface area (Å²) in [5.74, 6) is 0. The van der Waals surface area contributed by atoms with Gasteiger partial charge in [0.25, 0.3) is 0 Å². The number of benzene rings is 1. The first kappa shape index (κ1) is 11.6. The number of hydrogen-bond acceptors (Lipinski definition) is 2. The fraction of sp³-hybridized carbons (Fsp3) is 0.500. The number of sulfonamides is 1. The Morgan fingerprint density at radius 3 is 2.44 bits per heavy atom. The van der Waals surface area contributed by atoms with Crippen molar-refractivity contribution in [3.8, 4) is 0 Å². The van der Waals surface area contributed by atoms with Gasteiger partial charge in [-0.05, 0) is 25.3 Å². The van der Waals surface area contributed by atoms with Crippen molar-refractivity contribution in [2.75, 3.05) is 12.8 Å². The van der Waals surface area contributed by atoms with Crippen molar-refractivity contribution >= 4 is 10.0 Å². The zero-order valence-corrected chi connectivity index (χ0v) is 10.5. The zero-order valence-electron chi connectivity index (χ0n) is 9.68. The highest BCUT2D eigenvalue weighted by molar-refractivity contribution is 7.88. The van der Waals surface area contributed by atoms with Crippen molar-refractivity contribution in [2.24, 2.45) is 0 Å². The van der Waals surface area contributed by atoms with Gasteiger partial charge < -0.3 is 0 Å². The molecular weight excluding hydrogens is 222 g/mol. The first-order valence-corrected chi connectivity index (χ1v) is 7.37. The molecule has 2 rings (SSSR count). The minimum Gasteiger partial charge on any atom is -0.212 e. The van der Waals surface area contributed by atoms with E-state index in [0.717, 1.165) is 18.4 Å². The molecule has 0 bridgehead atoms. The molecule has 0 aromatic heterocycles. The van der Waals surface area contributed by atoms with Gasteiger partial charge in [0, 0.05) is 12.6 Å². The average molecular weight is 239 g/mol. The summed E-state index contributed by atoms with van der Waals surface area (Å²) in [5.41, 5.74) is 2.31. The molecule has 0 saturated carbocycles. The monoisotopic (exact) mass is 239 g/mol. The summed E-state index contributed by atoms with van der Waals surface area (Å²) in [6.07, 6.45) is 3.17. The Morgan fingerprint density at radius 1 is 1.25 bits per heavy atom. The Labute approximate surface area is 97.1 Å². The Hall–Kier alpha value is -0.870. The molecule has 1 atom stereocenters. The Morgan fingerprint density at radius 2 is 1.88 bits per heavy atom. The number of nitrogens with zero attached hydrogens (tertiary/aromatic N) is 1. The number of rotatable bonds is 2. The molecular formula is C12H17NO2S. The van der Waals surface area contributed by atoms with Crippen molar-refractivity contribution in [1.29, 1.82) is 0 Å². The van der Waals surface area contributed by atoms with Crippen LogP contribution in [0.25, 0.3) is 0 Å². The van der Waals surface area contributed by atoms with Crippen LogP contribution in [0.3, 0.4) is 0 Å². The van der Waals surface area contributed by atoms with Crippen LogP contribution in [-0.4, -0.2) is 25.5 Å². The molecule has 0 aliphatic carbocycles. The van der Waals surface area contributed by atoms with Gasteiger partial charge in [-0.3, -0.25) is 0 Å². The van der Waals surface area contributed by atoms with Crippen molar-refractivity contribution in [1.82, 2.24) is 4.31 Å². The zero-order chi connectivity index (χ0) is 11.8. The van der Waals surface area contributed by atoms with Crippen LogP contribution in [0.1, 0.15) is 30.0 Å². The quantitative estimate of drug-likeness (QED) is 0.792. The van der Waals surface area contributed by atoms with Crippen molar-refractivity contribution in [3.05, 3.63) is 35.4 Å². The van der Waals surface area contributed by atoms with E-state index in [1.54, 1.807) is 4.31 Å². The third-order valence-electron chi connectivity index (χ3n) is 3.09. The predicted octanol–water partition coefficient (Wildman–Crippen LogP) is 2.09. The lowest BCUT2D eigenvalue weighted by molar-refractivity contribution is 0.400. The fourth-order valence-corrected chi connectivity index (χ4v) is 3.41. The van der Waals surface area contributed by atoms with Gasteiger partial charge in [0.2, 0.25) is 10.0 Å². The van der Waals surface area contributed by atoms with Gasteiger partial charge in [-0.2, -0.15) is 4.31 Å². The second-order valence-corrected chi connectivity index (χ2v) is 6.38. The maximum atomic E-state index is 11.6. The van der Waals surface area contributed by atoms with Gasteiger partial charge in [-0.15, -0.1) is 0 Å². The fourth-order valence-electron chi connectivity index (χ4n) is 2.26. The molecule has 0 unspecified atom stereocenters. The minimum absolute atomic E-state index is 0.0376. The van der Waals surface area contributed by atoms with Crippen molar-refractivity contribution in [3.63, 3.8) is 0 Å². The Kier molecular flexibility index (Phi) is 3.04. The van der Waals surface area contributed by atoms with E-state index in [0.29, 0.717) is 6.54 Å². The topological polar surface area (TPSA) is 37.4 Å². The lowest BCUT2D eigenvalue weighted by Gasteiger charge is -2.22. The number of aryl methyl sites for hydroxylation is 1. The van der Waals surface area contributed by atoms with Crippen LogP contribution in [-0.2, 0) is 10.0 Å². The molecule has 1 aliphatic rings. The summed E-state index contributed by atoms with van der Waals surface area (Å²) in [4.78, 5) is 0. The Balaban J connectivity index is 2.30. The molecule has 1 saturated heterocycles. The average Bonchev–Trinajstić information content (AvgIpc) is 2.66. The molecule has 1 aliphatic heterocycles. The highest BCUT2D eigenvalue weighted by atomic mass is 32.2. The van der Waals surface area contributed by atoms with Gasteiger partial charge in [0.1, 0.15) is 0 Å². The SMILES string of the molecule is Cc1ccc([C@H]2CCCN2S(C)(=O)=O)cc1. The maximum Gasteiger partial charge on any atom is 0.211 e. The third-order valence-corrected chi connectivity index (χ3v) is 4.38. The highest BCUT2D eigenvalue weighted by Gasteiger charge is 2.32. The molecule has 88 valence electrons. The Bertz CT molecular complexity index is 464. The summed E-state index contributed by atoms with van der Waals surface area (Å²) in [5, 5.41) is 0. The molecule has 4 heteroatoms. The molecule has 0 spiro atoms. The van der Waals surface area contributed by atoms with Crippen LogP contribution in [0.4, 0.5) is 0 Å². The molecule has 1 aromatic rings. The van der Waals surface area contributed by atoms with E-state index >= 15 is 0 Å². The van der Waals surface area contributed by atoms with Gasteiger partial charge in [-0.25, -0.2) is 8.42 Å². The highest BCUT2D eigenvalue weighted by Crippen LogP contribution is 2.33. The first-order valence-electron chi connectivity index (χ1n) is 5.52. The summed E-state index contributed by atoms with van der Waals surface area (Å²) in [6, 6.07) is 8.17. The predicted molar refractivity (Wildman–Crippen MR) is 64.7 cm³/mol. The van der Waals surface area contributed by atoms with E-state index in [9.17, 15) is 8.42 Å². The van der Waals surface area contributed by atoms with Crippen LogP contribution < -0.4 is 0 Å². The van der Waals surface area contributed by atoms with E-state index < -0.39 is 10.0 Å². The van der Waals surface area contributed by atoms with E-state index in [4.69, 9.17) is 0 Å². The van der Waals surface area contributed by atoms with Crippen LogP contribution in [0.2, 0.25) is 0 Å². The molecule has 0 radical (unpaired) electrons. The molecule has 1 aromatic carbocycles. The largest absolute Gasteiger partial charge is 0.212 e. The lowest BCUT2D eigenvalue weighted by Crippen LogP contribution is -2.29. The van der Waals surface area contributed by atoms with E-state index in [-0.39, 0.29) is 6.04 Å². The molecule has 1 fully saturated rings. The van der Waals surface area contributed by atoms with Crippen LogP contribution >= 0.6 is 0 Å². The summed E-state index contributed by atoms with van der Waals surface area (Å²) in [6.45, 7) is 2.68.